The highest BCUT2D eigenvalue weighted by atomic mass is 19.4. The van der Waals surface area contributed by atoms with E-state index in [0.717, 1.165) is 6.07 Å². The molecule has 1 aliphatic heterocycles. The number of morpholine rings is 1. The molecular weight excluding hydrogens is 389 g/mol. The minimum Gasteiger partial charge on any atom is -0.378 e. The van der Waals surface area contributed by atoms with Crippen LogP contribution in [-0.4, -0.2) is 63.3 Å². The molecule has 2 N–H and O–H groups in total. The lowest BCUT2D eigenvalue weighted by atomic mass is 10.0. The Bertz CT molecular complexity index is 706. The summed E-state index contributed by atoms with van der Waals surface area (Å²) in [4.78, 5) is 26.2. The molecule has 0 atom stereocenters. The van der Waals surface area contributed by atoms with Crippen molar-refractivity contribution >= 4 is 17.6 Å². The Morgan fingerprint density at radius 2 is 1.90 bits per heavy atom. The number of hydrogen-bond donors (Lipinski definition) is 2. The van der Waals surface area contributed by atoms with E-state index in [0.29, 0.717) is 51.5 Å². The number of anilines is 1. The van der Waals surface area contributed by atoms with E-state index in [2.05, 4.69) is 10.6 Å². The lowest BCUT2D eigenvalue weighted by Gasteiger charge is -2.30. The molecule has 0 unspecified atom stereocenters. The molecule has 3 amide bonds. The monoisotopic (exact) mass is 416 g/mol. The van der Waals surface area contributed by atoms with Crippen LogP contribution in [0.2, 0.25) is 0 Å². The average molecular weight is 416 g/mol. The Labute approximate surface area is 168 Å². The number of amides is 3. The minimum atomic E-state index is -4.52. The van der Waals surface area contributed by atoms with E-state index in [1.165, 1.54) is 17.9 Å². The summed E-state index contributed by atoms with van der Waals surface area (Å²) in [7, 11) is 1.55. The molecule has 162 valence electrons. The number of benzene rings is 1. The quantitative estimate of drug-likeness (QED) is 0.669. The second-order valence-electron chi connectivity index (χ2n) is 6.86. The molecule has 29 heavy (non-hydrogen) atoms. The number of carbonyl (C=O) groups is 2. The van der Waals surface area contributed by atoms with Crippen molar-refractivity contribution in [1.29, 1.82) is 0 Å². The molecule has 0 saturated carbocycles. The number of alkyl halides is 3. The van der Waals surface area contributed by atoms with Crippen LogP contribution in [0, 0.1) is 0 Å². The summed E-state index contributed by atoms with van der Waals surface area (Å²) in [6.45, 7) is 4.00. The molecule has 0 radical (unpaired) electrons. The number of hydrogen-bond acceptors (Lipinski definition) is 4. The molecular formula is C19H27F3N4O3. The summed E-state index contributed by atoms with van der Waals surface area (Å²) in [6, 6.07) is 3.70. The summed E-state index contributed by atoms with van der Waals surface area (Å²) in [5, 5.41) is 5.15. The van der Waals surface area contributed by atoms with Gasteiger partial charge in [0.05, 0.1) is 18.8 Å². The molecule has 1 aliphatic rings. The lowest BCUT2D eigenvalue weighted by molar-refractivity contribution is -0.138. The Balaban J connectivity index is 1.98. The third kappa shape index (κ3) is 7.12. The summed E-state index contributed by atoms with van der Waals surface area (Å²) in [5.41, 5.74) is -0.254. The second-order valence-corrected chi connectivity index (χ2v) is 6.86. The van der Waals surface area contributed by atoms with Crippen molar-refractivity contribution < 1.29 is 27.5 Å². The summed E-state index contributed by atoms with van der Waals surface area (Å²) >= 11 is 0. The van der Waals surface area contributed by atoms with Crippen LogP contribution in [0.3, 0.4) is 0 Å². The topological polar surface area (TPSA) is 73.9 Å². The maximum Gasteiger partial charge on any atom is 0.416 e. The number of rotatable bonds is 7. The van der Waals surface area contributed by atoms with Gasteiger partial charge in [-0.1, -0.05) is 6.07 Å². The van der Waals surface area contributed by atoms with Crippen LogP contribution in [0.15, 0.2) is 18.2 Å². The van der Waals surface area contributed by atoms with Crippen LogP contribution in [0.1, 0.15) is 24.5 Å². The molecule has 0 aliphatic carbocycles. The van der Waals surface area contributed by atoms with Crippen molar-refractivity contribution in [3.05, 3.63) is 29.3 Å². The van der Waals surface area contributed by atoms with Crippen molar-refractivity contribution in [3.63, 3.8) is 0 Å². The molecule has 0 bridgehead atoms. The fourth-order valence-corrected chi connectivity index (χ4v) is 2.99. The van der Waals surface area contributed by atoms with E-state index >= 15 is 0 Å². The van der Waals surface area contributed by atoms with Crippen LogP contribution >= 0.6 is 0 Å². The van der Waals surface area contributed by atoms with Crippen LogP contribution < -0.4 is 15.5 Å². The predicted octanol–water partition coefficient (Wildman–Crippen LogP) is 2.21. The van der Waals surface area contributed by atoms with E-state index in [1.54, 1.807) is 13.1 Å². The highest BCUT2D eigenvalue weighted by molar-refractivity contribution is 5.74. The first-order chi connectivity index (χ1) is 13.7. The molecule has 7 nitrogen and oxygen atoms in total. The highest BCUT2D eigenvalue weighted by Gasteiger charge is 2.34. The van der Waals surface area contributed by atoms with Gasteiger partial charge in [-0.2, -0.15) is 13.2 Å². The molecule has 0 spiro atoms. The van der Waals surface area contributed by atoms with Gasteiger partial charge in [0.25, 0.3) is 0 Å². The van der Waals surface area contributed by atoms with Gasteiger partial charge >= 0.3 is 12.2 Å². The van der Waals surface area contributed by atoms with Crippen LogP contribution in [-0.2, 0) is 22.3 Å². The molecule has 2 rings (SSSR count). The Morgan fingerprint density at radius 3 is 2.52 bits per heavy atom. The van der Waals surface area contributed by atoms with Gasteiger partial charge in [0.15, 0.2) is 0 Å². The van der Waals surface area contributed by atoms with Crippen molar-refractivity contribution in [2.24, 2.45) is 0 Å². The lowest BCUT2D eigenvalue weighted by Crippen LogP contribution is -2.39. The van der Waals surface area contributed by atoms with Crippen molar-refractivity contribution in [2.75, 3.05) is 51.3 Å². The fourth-order valence-electron chi connectivity index (χ4n) is 2.99. The van der Waals surface area contributed by atoms with E-state index in [4.69, 9.17) is 4.74 Å². The number of carbonyl (C=O) groups excluding carboxylic acids is 2. The summed E-state index contributed by atoms with van der Waals surface area (Å²) in [5.74, 6) is -0.155. The highest BCUT2D eigenvalue weighted by Crippen LogP contribution is 2.35. The van der Waals surface area contributed by atoms with Crippen LogP contribution in [0.5, 0.6) is 0 Å². The Morgan fingerprint density at radius 1 is 1.21 bits per heavy atom. The van der Waals surface area contributed by atoms with Gasteiger partial charge in [0, 0.05) is 52.4 Å². The normalized spacial score (nSPS) is 14.4. The maximum absolute atomic E-state index is 13.5. The zero-order valence-corrected chi connectivity index (χ0v) is 16.6. The van der Waals surface area contributed by atoms with Crippen molar-refractivity contribution in [3.8, 4) is 0 Å². The molecule has 1 aromatic rings. The maximum atomic E-state index is 13.5. The van der Waals surface area contributed by atoms with E-state index in [1.807, 2.05) is 4.90 Å². The first-order valence-corrected chi connectivity index (χ1v) is 9.44. The third-order valence-electron chi connectivity index (χ3n) is 4.60. The summed E-state index contributed by atoms with van der Waals surface area (Å²) < 4.78 is 45.9. The summed E-state index contributed by atoms with van der Waals surface area (Å²) in [6.07, 6.45) is -3.97. The van der Waals surface area contributed by atoms with Gasteiger partial charge in [-0.25, -0.2) is 4.79 Å². The van der Waals surface area contributed by atoms with E-state index < -0.39 is 17.8 Å². The van der Waals surface area contributed by atoms with Crippen LogP contribution in [0.4, 0.5) is 23.7 Å². The SMILES string of the molecule is CC(=O)NCCCN(C)C(=O)NCc1ccc(N2CCOCC2)cc1C(F)(F)F. The standard InChI is InChI=1S/C19H27F3N4O3/c1-14(27)23-6-3-7-25(2)18(28)24-13-15-4-5-16(12-17(15)19(20,21)22)26-8-10-29-11-9-26/h4-5,12H,3,6-11,13H2,1-2H3,(H,23,27)(H,24,28). The molecule has 10 heteroatoms. The smallest absolute Gasteiger partial charge is 0.378 e. The zero-order valence-electron chi connectivity index (χ0n) is 16.6. The predicted molar refractivity (Wildman–Crippen MR) is 103 cm³/mol. The fraction of sp³-hybridized carbons (Fsp3) is 0.579. The van der Waals surface area contributed by atoms with Gasteiger partial charge in [0.2, 0.25) is 5.91 Å². The van der Waals surface area contributed by atoms with Gasteiger partial charge in [-0.15, -0.1) is 0 Å². The molecule has 1 saturated heterocycles. The zero-order chi connectivity index (χ0) is 21.4. The Hall–Kier alpha value is -2.49. The number of nitrogens with one attached hydrogen (secondary N) is 2. The van der Waals surface area contributed by atoms with E-state index in [9.17, 15) is 22.8 Å². The molecule has 1 fully saturated rings. The van der Waals surface area contributed by atoms with Gasteiger partial charge in [-0.3, -0.25) is 4.79 Å². The largest absolute Gasteiger partial charge is 0.416 e. The third-order valence-corrected chi connectivity index (χ3v) is 4.60. The molecule has 0 aromatic heterocycles. The average Bonchev–Trinajstić information content (AvgIpc) is 2.69. The van der Waals surface area contributed by atoms with Gasteiger partial charge in [0.1, 0.15) is 0 Å². The molecule has 1 aromatic carbocycles. The molecule has 1 heterocycles. The number of urea groups is 1. The number of ether oxygens (including phenoxy) is 1. The van der Waals surface area contributed by atoms with Crippen molar-refractivity contribution in [1.82, 2.24) is 15.5 Å². The first kappa shape index (κ1) is 22.8. The minimum absolute atomic E-state index is 0.00880. The second kappa shape index (κ2) is 10.3. The van der Waals surface area contributed by atoms with Crippen LogP contribution in [0.25, 0.3) is 0 Å². The van der Waals surface area contributed by atoms with E-state index in [-0.39, 0.29) is 18.0 Å². The number of nitrogens with zero attached hydrogens (tertiary/aromatic N) is 2. The number of halogens is 3. The first-order valence-electron chi connectivity index (χ1n) is 9.44. The van der Waals surface area contributed by atoms with Gasteiger partial charge in [-0.05, 0) is 24.1 Å². The Kier molecular flexibility index (Phi) is 8.12. The van der Waals surface area contributed by atoms with Gasteiger partial charge < -0.3 is 25.2 Å². The van der Waals surface area contributed by atoms with Crippen molar-refractivity contribution in [2.45, 2.75) is 26.1 Å².